The third-order valence-electron chi connectivity index (χ3n) is 4.44. The third-order valence-corrected chi connectivity index (χ3v) is 4.44. The van der Waals surface area contributed by atoms with Gasteiger partial charge in [-0.15, -0.1) is 0 Å². The van der Waals surface area contributed by atoms with Crippen molar-refractivity contribution < 1.29 is 0 Å². The smallest absolute Gasteiger partial charge is 0.00629 e. The molecule has 0 fully saturated rings. The van der Waals surface area contributed by atoms with Crippen LogP contribution in [0.25, 0.3) is 0 Å². The summed E-state index contributed by atoms with van der Waals surface area (Å²) >= 11 is 0. The van der Waals surface area contributed by atoms with Gasteiger partial charge in [0.25, 0.3) is 0 Å². The highest BCUT2D eigenvalue weighted by Crippen LogP contribution is 2.11. The normalized spacial score (nSPS) is 12.7. The largest absolute Gasteiger partial charge is 0.330 e. The first kappa shape index (κ1) is 21.9. The molecule has 1 unspecified atom stereocenters. The van der Waals surface area contributed by atoms with Crippen LogP contribution in [-0.2, 0) is 0 Å². The van der Waals surface area contributed by atoms with Crippen LogP contribution in [0.5, 0.6) is 0 Å². The Morgan fingerprint density at radius 2 is 1.18 bits per heavy atom. The molecule has 0 rings (SSSR count). The Kier molecular flexibility index (Phi) is 18.8. The first-order chi connectivity index (χ1) is 10.8. The summed E-state index contributed by atoms with van der Waals surface area (Å²) in [5.74, 6) is 0. The number of nitrogens with one attached hydrogen (secondary N) is 1. The average molecular weight is 314 g/mol. The molecule has 0 heterocycles. The molecule has 0 aromatic carbocycles. The van der Waals surface area contributed by atoms with Crippen molar-refractivity contribution in [3.8, 4) is 0 Å². The number of nitrogens with two attached hydrogens (primary N) is 2. The molecule has 0 aromatic heterocycles. The molecule has 3 nitrogen and oxygen atoms in total. The van der Waals surface area contributed by atoms with Gasteiger partial charge in [0.2, 0.25) is 0 Å². The van der Waals surface area contributed by atoms with E-state index in [0.717, 1.165) is 25.9 Å². The van der Waals surface area contributed by atoms with E-state index in [-0.39, 0.29) is 6.04 Å². The van der Waals surface area contributed by atoms with Crippen molar-refractivity contribution in [3.05, 3.63) is 0 Å². The van der Waals surface area contributed by atoms with Gasteiger partial charge in [-0.25, -0.2) is 0 Å². The van der Waals surface area contributed by atoms with Crippen molar-refractivity contribution >= 4 is 0 Å². The lowest BCUT2D eigenvalue weighted by Crippen LogP contribution is -2.29. The highest BCUT2D eigenvalue weighted by Gasteiger charge is 1.99. The second-order valence-electron chi connectivity index (χ2n) is 6.77. The van der Waals surface area contributed by atoms with Crippen molar-refractivity contribution in [1.29, 1.82) is 0 Å². The zero-order valence-electron chi connectivity index (χ0n) is 15.3. The van der Waals surface area contributed by atoms with Crippen LogP contribution in [0.3, 0.4) is 0 Å². The Labute approximate surface area is 140 Å². The summed E-state index contributed by atoms with van der Waals surface area (Å²) in [4.78, 5) is 0. The topological polar surface area (TPSA) is 64.1 Å². The van der Waals surface area contributed by atoms with Gasteiger partial charge in [-0.2, -0.15) is 0 Å². The maximum Gasteiger partial charge on any atom is 0.00629 e. The number of unbranched alkanes of at least 4 members (excludes halogenated alkanes) is 11. The van der Waals surface area contributed by atoms with Crippen LogP contribution in [0.4, 0.5) is 0 Å². The minimum atomic E-state index is 0.277. The first-order valence-electron chi connectivity index (χ1n) is 9.97. The molecule has 0 aliphatic rings. The lowest BCUT2D eigenvalue weighted by atomic mass is 10.1. The molecular formula is C19H43N3. The summed E-state index contributed by atoms with van der Waals surface area (Å²) in [6.07, 6.45) is 19.0. The summed E-state index contributed by atoms with van der Waals surface area (Å²) in [6, 6.07) is 0.277. The molecule has 0 aliphatic heterocycles. The van der Waals surface area contributed by atoms with Gasteiger partial charge >= 0.3 is 0 Å². The Morgan fingerprint density at radius 1 is 0.682 bits per heavy atom. The van der Waals surface area contributed by atoms with Gasteiger partial charge < -0.3 is 16.8 Å². The highest BCUT2D eigenvalue weighted by atomic mass is 14.9. The molecule has 3 heteroatoms. The molecule has 0 spiro atoms. The average Bonchev–Trinajstić information content (AvgIpc) is 2.51. The molecule has 0 aliphatic carbocycles. The standard InChI is InChI=1S/C19H43N3/c1-2-3-4-5-6-7-8-9-10-11-12-13-17-22-18-15-19(21)14-16-20/h19,22H,2-18,20-21H2,1H3. The van der Waals surface area contributed by atoms with Crippen molar-refractivity contribution in [2.45, 2.75) is 103 Å². The molecule has 0 saturated heterocycles. The maximum absolute atomic E-state index is 5.92. The number of rotatable bonds is 18. The summed E-state index contributed by atoms with van der Waals surface area (Å²) in [7, 11) is 0. The van der Waals surface area contributed by atoms with Crippen LogP contribution >= 0.6 is 0 Å². The van der Waals surface area contributed by atoms with Crippen LogP contribution in [0.15, 0.2) is 0 Å². The third kappa shape index (κ3) is 17.9. The zero-order chi connectivity index (χ0) is 16.3. The quantitative estimate of drug-likeness (QED) is 0.330. The summed E-state index contributed by atoms with van der Waals surface area (Å²) in [5.41, 5.74) is 11.4. The fourth-order valence-electron chi connectivity index (χ4n) is 2.86. The van der Waals surface area contributed by atoms with E-state index in [9.17, 15) is 0 Å². The lowest BCUT2D eigenvalue weighted by molar-refractivity contribution is 0.513. The Balaban J connectivity index is 3.00. The van der Waals surface area contributed by atoms with Gasteiger partial charge in [0.15, 0.2) is 0 Å². The van der Waals surface area contributed by atoms with Gasteiger partial charge in [0.1, 0.15) is 0 Å². The molecule has 0 bridgehead atoms. The van der Waals surface area contributed by atoms with E-state index in [2.05, 4.69) is 12.2 Å². The van der Waals surface area contributed by atoms with E-state index in [1.807, 2.05) is 0 Å². The Bertz CT molecular complexity index is 197. The fraction of sp³-hybridized carbons (Fsp3) is 1.00. The zero-order valence-corrected chi connectivity index (χ0v) is 15.3. The predicted molar refractivity (Wildman–Crippen MR) is 100 cm³/mol. The molecule has 0 radical (unpaired) electrons. The van der Waals surface area contributed by atoms with E-state index in [1.165, 1.54) is 77.0 Å². The Morgan fingerprint density at radius 3 is 1.68 bits per heavy atom. The molecule has 0 saturated carbocycles. The van der Waals surface area contributed by atoms with Crippen LogP contribution in [0.1, 0.15) is 96.8 Å². The van der Waals surface area contributed by atoms with Gasteiger partial charge in [0.05, 0.1) is 0 Å². The van der Waals surface area contributed by atoms with Crippen molar-refractivity contribution in [3.63, 3.8) is 0 Å². The SMILES string of the molecule is CCCCCCCCCCCCCCNCCC(N)CCN. The second-order valence-corrected chi connectivity index (χ2v) is 6.77. The summed E-state index contributed by atoms with van der Waals surface area (Å²) in [6.45, 7) is 5.18. The monoisotopic (exact) mass is 313 g/mol. The molecule has 0 aromatic rings. The van der Waals surface area contributed by atoms with Crippen LogP contribution in [-0.4, -0.2) is 25.7 Å². The molecule has 1 atom stereocenters. The Hall–Kier alpha value is -0.120. The molecule has 5 N–H and O–H groups in total. The van der Waals surface area contributed by atoms with Crippen LogP contribution in [0.2, 0.25) is 0 Å². The highest BCUT2D eigenvalue weighted by molar-refractivity contribution is 4.63. The lowest BCUT2D eigenvalue weighted by Gasteiger charge is -2.10. The van der Waals surface area contributed by atoms with E-state index >= 15 is 0 Å². The van der Waals surface area contributed by atoms with Crippen molar-refractivity contribution in [2.24, 2.45) is 11.5 Å². The number of hydrogen-bond donors (Lipinski definition) is 3. The molecule has 0 amide bonds. The second kappa shape index (κ2) is 18.9. The van der Waals surface area contributed by atoms with E-state index < -0.39 is 0 Å². The van der Waals surface area contributed by atoms with Gasteiger partial charge in [-0.1, -0.05) is 77.6 Å². The molecule has 22 heavy (non-hydrogen) atoms. The molecule has 134 valence electrons. The fourth-order valence-corrected chi connectivity index (χ4v) is 2.86. The number of hydrogen-bond acceptors (Lipinski definition) is 3. The van der Waals surface area contributed by atoms with Gasteiger partial charge in [-0.05, 0) is 38.9 Å². The minimum absolute atomic E-state index is 0.277. The predicted octanol–water partition coefficient (Wildman–Crippen LogP) is 4.34. The maximum atomic E-state index is 5.92. The summed E-state index contributed by atoms with van der Waals surface area (Å²) in [5, 5.41) is 3.49. The van der Waals surface area contributed by atoms with Crippen LogP contribution < -0.4 is 16.8 Å². The molecular weight excluding hydrogens is 270 g/mol. The van der Waals surface area contributed by atoms with E-state index in [4.69, 9.17) is 11.5 Å². The minimum Gasteiger partial charge on any atom is -0.330 e. The van der Waals surface area contributed by atoms with E-state index in [1.54, 1.807) is 0 Å². The summed E-state index contributed by atoms with van der Waals surface area (Å²) < 4.78 is 0. The van der Waals surface area contributed by atoms with Crippen molar-refractivity contribution in [1.82, 2.24) is 5.32 Å². The van der Waals surface area contributed by atoms with Gasteiger partial charge in [0, 0.05) is 6.04 Å². The van der Waals surface area contributed by atoms with Gasteiger partial charge in [-0.3, -0.25) is 0 Å². The van der Waals surface area contributed by atoms with Crippen molar-refractivity contribution in [2.75, 3.05) is 19.6 Å². The van der Waals surface area contributed by atoms with E-state index in [0.29, 0.717) is 6.54 Å². The van der Waals surface area contributed by atoms with Crippen LogP contribution in [0, 0.1) is 0 Å². The first-order valence-corrected chi connectivity index (χ1v) is 9.97.